The minimum absolute atomic E-state index is 0.780. The second kappa shape index (κ2) is 4.29. The fraction of sp³-hybridized carbons (Fsp3) is 0.0909. The topological polar surface area (TPSA) is 51.8 Å². The molecule has 17 heavy (non-hydrogen) atoms. The molecule has 0 saturated carbocycles. The molecular formula is C11H9N3S3. The molecule has 3 rings (SSSR count). The van der Waals surface area contributed by atoms with E-state index in [0.29, 0.717) is 0 Å². The number of hydrogen-bond donors (Lipinski definition) is 1. The van der Waals surface area contributed by atoms with E-state index in [9.17, 15) is 0 Å². The average molecular weight is 279 g/mol. The van der Waals surface area contributed by atoms with Crippen molar-refractivity contribution >= 4 is 50.3 Å². The molecule has 0 aliphatic carbocycles. The summed E-state index contributed by atoms with van der Waals surface area (Å²) in [4.78, 5) is 8.97. The molecule has 0 radical (unpaired) electrons. The van der Waals surface area contributed by atoms with Gasteiger partial charge in [0.2, 0.25) is 0 Å². The lowest BCUT2D eigenvalue weighted by Crippen LogP contribution is -1.81. The molecule has 0 atom stereocenters. The van der Waals surface area contributed by atoms with E-state index >= 15 is 0 Å². The van der Waals surface area contributed by atoms with Gasteiger partial charge in [0.25, 0.3) is 0 Å². The maximum atomic E-state index is 5.75. The highest BCUT2D eigenvalue weighted by Crippen LogP contribution is 2.36. The van der Waals surface area contributed by atoms with Crippen LogP contribution in [-0.2, 0) is 0 Å². The van der Waals surface area contributed by atoms with E-state index < -0.39 is 0 Å². The molecule has 1 aromatic carbocycles. The summed E-state index contributed by atoms with van der Waals surface area (Å²) in [5.74, 6) is 0. The SMILES string of the molecule is Cc1csc(Sc2nc3ccc(N)cc3s2)n1. The van der Waals surface area contributed by atoms with Gasteiger partial charge in [-0.05, 0) is 36.9 Å². The first-order valence-corrected chi connectivity index (χ1v) is 7.48. The highest BCUT2D eigenvalue weighted by atomic mass is 32.2. The lowest BCUT2D eigenvalue weighted by molar-refractivity contribution is 1.15. The summed E-state index contributed by atoms with van der Waals surface area (Å²) in [6, 6.07) is 5.80. The van der Waals surface area contributed by atoms with E-state index in [4.69, 9.17) is 5.73 Å². The Bertz CT molecular complexity index is 671. The third-order valence-corrected chi connectivity index (χ3v) is 5.30. The minimum Gasteiger partial charge on any atom is -0.399 e. The van der Waals surface area contributed by atoms with Gasteiger partial charge in [-0.25, -0.2) is 9.97 Å². The second-order valence-corrected chi connectivity index (χ2v) is 6.95. The molecule has 3 nitrogen and oxygen atoms in total. The highest BCUT2D eigenvalue weighted by molar-refractivity contribution is 8.02. The molecule has 0 bridgehead atoms. The summed E-state index contributed by atoms with van der Waals surface area (Å²) in [5, 5.41) is 2.05. The minimum atomic E-state index is 0.780. The molecule has 2 N–H and O–H groups in total. The zero-order chi connectivity index (χ0) is 11.8. The summed E-state index contributed by atoms with van der Waals surface area (Å²) in [6.45, 7) is 2.00. The van der Waals surface area contributed by atoms with Gasteiger partial charge in [0.05, 0.1) is 10.2 Å². The number of rotatable bonds is 2. The van der Waals surface area contributed by atoms with Gasteiger partial charge in [-0.2, -0.15) is 0 Å². The molecule has 0 fully saturated rings. The Morgan fingerprint density at radius 1 is 1.24 bits per heavy atom. The van der Waals surface area contributed by atoms with Gasteiger partial charge in [0.1, 0.15) is 0 Å². The van der Waals surface area contributed by atoms with Crippen LogP contribution in [0.2, 0.25) is 0 Å². The van der Waals surface area contributed by atoms with Crippen molar-refractivity contribution in [3.8, 4) is 0 Å². The van der Waals surface area contributed by atoms with E-state index in [2.05, 4.69) is 9.97 Å². The standard InChI is InChI=1S/C11H9N3S3/c1-6-5-15-10(13-6)17-11-14-8-3-2-7(12)4-9(8)16-11/h2-5H,12H2,1H3. The van der Waals surface area contributed by atoms with E-state index in [-0.39, 0.29) is 0 Å². The van der Waals surface area contributed by atoms with Crippen LogP contribution in [0.4, 0.5) is 5.69 Å². The molecule has 0 aliphatic heterocycles. The normalized spacial score (nSPS) is 11.1. The fourth-order valence-electron chi connectivity index (χ4n) is 1.42. The zero-order valence-corrected chi connectivity index (χ0v) is 11.5. The van der Waals surface area contributed by atoms with Crippen LogP contribution in [0.15, 0.2) is 32.3 Å². The zero-order valence-electron chi connectivity index (χ0n) is 9.01. The van der Waals surface area contributed by atoms with Gasteiger partial charge in [-0.15, -0.1) is 22.7 Å². The number of nitrogens with two attached hydrogens (primary N) is 1. The van der Waals surface area contributed by atoms with Crippen LogP contribution in [0.5, 0.6) is 0 Å². The van der Waals surface area contributed by atoms with Crippen molar-refractivity contribution in [1.29, 1.82) is 0 Å². The number of aromatic nitrogens is 2. The van der Waals surface area contributed by atoms with Crippen LogP contribution in [0.1, 0.15) is 5.69 Å². The predicted molar refractivity (Wildman–Crippen MR) is 75.0 cm³/mol. The molecule has 0 spiro atoms. The lowest BCUT2D eigenvalue weighted by atomic mass is 10.3. The van der Waals surface area contributed by atoms with Crippen molar-refractivity contribution in [3.05, 3.63) is 29.3 Å². The van der Waals surface area contributed by atoms with Crippen molar-refractivity contribution < 1.29 is 0 Å². The smallest absolute Gasteiger partial charge is 0.158 e. The third-order valence-electron chi connectivity index (χ3n) is 2.17. The number of fused-ring (bicyclic) bond motifs is 1. The molecule has 2 heterocycles. The molecule has 2 aromatic heterocycles. The van der Waals surface area contributed by atoms with Crippen molar-refractivity contribution in [2.75, 3.05) is 5.73 Å². The van der Waals surface area contributed by atoms with Crippen LogP contribution in [0.3, 0.4) is 0 Å². The Labute approximate surface area is 111 Å². The van der Waals surface area contributed by atoms with Crippen molar-refractivity contribution in [3.63, 3.8) is 0 Å². The van der Waals surface area contributed by atoms with Gasteiger partial charge in [0, 0.05) is 16.8 Å². The van der Waals surface area contributed by atoms with Crippen molar-refractivity contribution in [1.82, 2.24) is 9.97 Å². The Balaban J connectivity index is 1.95. The van der Waals surface area contributed by atoms with Crippen LogP contribution < -0.4 is 5.73 Å². The first-order chi connectivity index (χ1) is 8.20. The van der Waals surface area contributed by atoms with E-state index in [1.54, 1.807) is 34.4 Å². The predicted octanol–water partition coefficient (Wildman–Crippen LogP) is 3.79. The van der Waals surface area contributed by atoms with Gasteiger partial charge < -0.3 is 5.73 Å². The molecule has 3 aromatic rings. The summed E-state index contributed by atoms with van der Waals surface area (Å²) >= 11 is 4.92. The van der Waals surface area contributed by atoms with E-state index in [1.165, 1.54) is 0 Å². The summed E-state index contributed by atoms with van der Waals surface area (Å²) < 4.78 is 3.18. The Kier molecular flexibility index (Phi) is 2.78. The van der Waals surface area contributed by atoms with Crippen LogP contribution >= 0.6 is 34.4 Å². The number of hydrogen-bond acceptors (Lipinski definition) is 6. The van der Waals surface area contributed by atoms with Gasteiger partial charge in [0.15, 0.2) is 8.68 Å². The van der Waals surface area contributed by atoms with Gasteiger partial charge in [-0.1, -0.05) is 0 Å². The average Bonchev–Trinajstić information content (AvgIpc) is 2.84. The van der Waals surface area contributed by atoms with Crippen molar-refractivity contribution in [2.45, 2.75) is 15.6 Å². The number of nitrogens with zero attached hydrogens (tertiary/aromatic N) is 2. The van der Waals surface area contributed by atoms with Crippen LogP contribution in [0.25, 0.3) is 10.2 Å². The molecule has 0 saturated heterocycles. The molecule has 86 valence electrons. The van der Waals surface area contributed by atoms with Crippen LogP contribution in [0, 0.1) is 6.92 Å². The van der Waals surface area contributed by atoms with E-state index in [1.807, 2.05) is 30.5 Å². The molecule has 0 aliphatic rings. The van der Waals surface area contributed by atoms with Crippen molar-refractivity contribution in [2.24, 2.45) is 0 Å². The summed E-state index contributed by atoms with van der Waals surface area (Å²) in [6.07, 6.45) is 0. The first kappa shape index (κ1) is 11.0. The number of nitrogen functional groups attached to an aromatic ring is 1. The molecular weight excluding hydrogens is 270 g/mol. The molecule has 6 heteroatoms. The maximum Gasteiger partial charge on any atom is 0.158 e. The third kappa shape index (κ3) is 2.29. The second-order valence-electron chi connectivity index (χ2n) is 3.56. The quantitative estimate of drug-likeness (QED) is 0.725. The van der Waals surface area contributed by atoms with Gasteiger partial charge >= 0.3 is 0 Å². The fourth-order valence-corrected chi connectivity index (χ4v) is 4.57. The monoisotopic (exact) mass is 279 g/mol. The number of aryl methyl sites for hydroxylation is 1. The highest BCUT2D eigenvalue weighted by Gasteiger charge is 2.08. The summed E-state index contributed by atoms with van der Waals surface area (Å²) in [7, 11) is 0. The number of thiazole rings is 2. The molecule has 0 unspecified atom stereocenters. The maximum absolute atomic E-state index is 5.75. The largest absolute Gasteiger partial charge is 0.399 e. The van der Waals surface area contributed by atoms with E-state index in [0.717, 1.165) is 30.3 Å². The number of benzene rings is 1. The molecule has 0 amide bonds. The van der Waals surface area contributed by atoms with Gasteiger partial charge in [-0.3, -0.25) is 0 Å². The Hall–Kier alpha value is -1.11. The lowest BCUT2D eigenvalue weighted by Gasteiger charge is -1.88. The van der Waals surface area contributed by atoms with Crippen LogP contribution in [-0.4, -0.2) is 9.97 Å². The summed E-state index contributed by atoms with van der Waals surface area (Å²) in [5.41, 5.74) is 8.59. The Morgan fingerprint density at radius 2 is 2.12 bits per heavy atom. The Morgan fingerprint density at radius 3 is 2.88 bits per heavy atom. The number of anilines is 1. The first-order valence-electron chi connectivity index (χ1n) is 4.97.